The second-order valence-corrected chi connectivity index (χ2v) is 3.46. The summed E-state index contributed by atoms with van der Waals surface area (Å²) in [6.07, 6.45) is 1.81. The molecule has 2 nitrogen and oxygen atoms in total. The summed E-state index contributed by atoms with van der Waals surface area (Å²) in [5.41, 5.74) is 8.00. The first-order chi connectivity index (χ1) is 5.11. The van der Waals surface area contributed by atoms with Crippen molar-refractivity contribution in [2.24, 2.45) is 5.73 Å². The Bertz CT molecular complexity index is 258. The summed E-state index contributed by atoms with van der Waals surface area (Å²) in [7, 11) is 0. The van der Waals surface area contributed by atoms with Gasteiger partial charge in [0.15, 0.2) is 0 Å². The topological polar surface area (TPSA) is 38.9 Å². The van der Waals surface area contributed by atoms with Crippen molar-refractivity contribution in [2.75, 3.05) is 0 Å². The first kappa shape index (κ1) is 8.68. The zero-order valence-electron chi connectivity index (χ0n) is 6.63. The quantitative estimate of drug-likeness (QED) is 0.729. The van der Waals surface area contributed by atoms with E-state index in [1.54, 1.807) is 0 Å². The van der Waals surface area contributed by atoms with Gasteiger partial charge in [-0.05, 0) is 47.0 Å². The maximum absolute atomic E-state index is 5.71. The third-order valence-electron chi connectivity index (χ3n) is 1.61. The van der Waals surface area contributed by atoms with E-state index in [0.29, 0.717) is 0 Å². The predicted molar refractivity (Wildman–Crippen MR) is 49.3 cm³/mol. The molecule has 60 valence electrons. The number of hydrogen-bond donors (Lipinski definition) is 1. The minimum atomic E-state index is 0.0654. The van der Waals surface area contributed by atoms with Crippen LogP contribution in [0.1, 0.15) is 24.1 Å². The van der Waals surface area contributed by atoms with E-state index in [0.717, 1.165) is 10.2 Å². The second-order valence-electron chi connectivity index (χ2n) is 2.65. The molecule has 0 radical (unpaired) electrons. The summed E-state index contributed by atoms with van der Waals surface area (Å²) >= 11 is 3.29. The molecule has 1 atom stereocenters. The highest BCUT2D eigenvalue weighted by molar-refractivity contribution is 9.10. The Morgan fingerprint density at radius 1 is 1.64 bits per heavy atom. The lowest BCUT2D eigenvalue weighted by Gasteiger charge is -2.08. The van der Waals surface area contributed by atoms with Gasteiger partial charge < -0.3 is 5.73 Å². The molecule has 0 aliphatic heterocycles. The fourth-order valence-electron chi connectivity index (χ4n) is 1.01. The van der Waals surface area contributed by atoms with E-state index in [1.807, 2.05) is 26.1 Å². The number of nitrogens with zero attached hydrogens (tertiary/aromatic N) is 1. The van der Waals surface area contributed by atoms with Crippen molar-refractivity contribution < 1.29 is 0 Å². The van der Waals surface area contributed by atoms with Crippen LogP contribution in [0.3, 0.4) is 0 Å². The van der Waals surface area contributed by atoms with Crippen molar-refractivity contribution in [3.63, 3.8) is 0 Å². The zero-order valence-corrected chi connectivity index (χ0v) is 8.22. The molecule has 1 aromatic rings. The summed E-state index contributed by atoms with van der Waals surface area (Å²) < 4.78 is 0.861. The monoisotopic (exact) mass is 214 g/mol. The van der Waals surface area contributed by atoms with Crippen LogP contribution < -0.4 is 5.73 Å². The van der Waals surface area contributed by atoms with E-state index in [2.05, 4.69) is 20.9 Å². The Labute approximate surface area is 75.0 Å². The molecular formula is C8H11BrN2. The van der Waals surface area contributed by atoms with Gasteiger partial charge in [0.1, 0.15) is 4.60 Å². The molecule has 0 aliphatic rings. The number of hydrogen-bond acceptors (Lipinski definition) is 2. The predicted octanol–water partition coefficient (Wildman–Crippen LogP) is 2.17. The number of pyridine rings is 1. The first-order valence-corrected chi connectivity index (χ1v) is 4.28. The van der Waals surface area contributed by atoms with E-state index in [-0.39, 0.29) is 6.04 Å². The number of aryl methyl sites for hydroxylation is 1. The first-order valence-electron chi connectivity index (χ1n) is 3.49. The molecule has 0 fully saturated rings. The van der Waals surface area contributed by atoms with Crippen LogP contribution in [-0.2, 0) is 0 Å². The molecule has 0 saturated heterocycles. The van der Waals surface area contributed by atoms with Crippen LogP contribution in [0.15, 0.2) is 16.9 Å². The van der Waals surface area contributed by atoms with E-state index in [9.17, 15) is 0 Å². The Morgan fingerprint density at radius 3 is 2.73 bits per heavy atom. The highest BCUT2D eigenvalue weighted by Gasteiger charge is 2.03. The largest absolute Gasteiger partial charge is 0.324 e. The molecule has 11 heavy (non-hydrogen) atoms. The van der Waals surface area contributed by atoms with Gasteiger partial charge in [-0.3, -0.25) is 0 Å². The molecule has 3 heteroatoms. The van der Waals surface area contributed by atoms with Crippen LogP contribution in [0.25, 0.3) is 0 Å². The van der Waals surface area contributed by atoms with Gasteiger partial charge in [-0.1, -0.05) is 0 Å². The minimum absolute atomic E-state index is 0.0654. The van der Waals surface area contributed by atoms with Gasteiger partial charge in [0.05, 0.1) is 0 Å². The summed E-state index contributed by atoms with van der Waals surface area (Å²) in [6, 6.07) is 2.04. The van der Waals surface area contributed by atoms with E-state index >= 15 is 0 Å². The smallest absolute Gasteiger partial charge is 0.106 e. The molecule has 0 amide bonds. The van der Waals surface area contributed by atoms with Crippen molar-refractivity contribution in [3.05, 3.63) is 28.0 Å². The molecule has 1 unspecified atom stereocenters. The van der Waals surface area contributed by atoms with E-state index in [1.165, 1.54) is 5.56 Å². The SMILES string of the molecule is Cc1cc(Br)ncc1C(C)N. The van der Waals surface area contributed by atoms with Crippen LogP contribution in [0, 0.1) is 6.92 Å². The van der Waals surface area contributed by atoms with Crippen molar-refractivity contribution in [2.45, 2.75) is 19.9 Å². The van der Waals surface area contributed by atoms with E-state index < -0.39 is 0 Å². The maximum Gasteiger partial charge on any atom is 0.106 e. The van der Waals surface area contributed by atoms with Gasteiger partial charge in [0.2, 0.25) is 0 Å². The average molecular weight is 215 g/mol. The molecule has 0 spiro atoms. The highest BCUT2D eigenvalue weighted by Crippen LogP contribution is 2.16. The molecule has 0 bridgehead atoms. The Balaban J connectivity index is 3.09. The summed E-state index contributed by atoms with van der Waals surface area (Å²) in [6.45, 7) is 3.99. The van der Waals surface area contributed by atoms with Crippen LogP contribution in [0.4, 0.5) is 0 Å². The van der Waals surface area contributed by atoms with Crippen molar-refractivity contribution >= 4 is 15.9 Å². The molecular weight excluding hydrogens is 204 g/mol. The van der Waals surface area contributed by atoms with Gasteiger partial charge >= 0.3 is 0 Å². The van der Waals surface area contributed by atoms with Crippen LogP contribution in [0.2, 0.25) is 0 Å². The number of halogens is 1. The van der Waals surface area contributed by atoms with Crippen molar-refractivity contribution in [3.8, 4) is 0 Å². The lowest BCUT2D eigenvalue weighted by molar-refractivity contribution is 0.801. The van der Waals surface area contributed by atoms with Crippen molar-refractivity contribution in [1.82, 2.24) is 4.98 Å². The Morgan fingerprint density at radius 2 is 2.27 bits per heavy atom. The summed E-state index contributed by atoms with van der Waals surface area (Å²) in [4.78, 5) is 4.10. The molecule has 1 rings (SSSR count). The highest BCUT2D eigenvalue weighted by atomic mass is 79.9. The fourth-order valence-corrected chi connectivity index (χ4v) is 1.45. The molecule has 2 N–H and O–H groups in total. The Hall–Kier alpha value is -0.410. The average Bonchev–Trinajstić information content (AvgIpc) is 1.85. The van der Waals surface area contributed by atoms with Gasteiger partial charge in [-0.25, -0.2) is 4.98 Å². The third kappa shape index (κ3) is 2.01. The summed E-state index contributed by atoms with van der Waals surface area (Å²) in [5.74, 6) is 0. The maximum atomic E-state index is 5.71. The van der Waals surface area contributed by atoms with Crippen LogP contribution in [-0.4, -0.2) is 4.98 Å². The van der Waals surface area contributed by atoms with Crippen molar-refractivity contribution in [1.29, 1.82) is 0 Å². The Kier molecular flexibility index (Phi) is 2.62. The lowest BCUT2D eigenvalue weighted by atomic mass is 10.1. The fraction of sp³-hybridized carbons (Fsp3) is 0.375. The van der Waals surface area contributed by atoms with Gasteiger partial charge in [-0.2, -0.15) is 0 Å². The molecule has 0 aromatic carbocycles. The summed E-state index contributed by atoms with van der Waals surface area (Å²) in [5, 5.41) is 0. The van der Waals surface area contributed by atoms with Gasteiger partial charge in [0.25, 0.3) is 0 Å². The van der Waals surface area contributed by atoms with Crippen LogP contribution in [0.5, 0.6) is 0 Å². The van der Waals surface area contributed by atoms with Gasteiger partial charge in [0, 0.05) is 12.2 Å². The normalized spacial score (nSPS) is 13.1. The van der Waals surface area contributed by atoms with Crippen LogP contribution >= 0.6 is 15.9 Å². The minimum Gasteiger partial charge on any atom is -0.324 e. The second kappa shape index (κ2) is 3.32. The third-order valence-corrected chi connectivity index (χ3v) is 2.04. The molecule has 1 aromatic heterocycles. The standard InChI is InChI=1S/C8H11BrN2/c1-5-3-8(9)11-4-7(5)6(2)10/h3-4,6H,10H2,1-2H3. The molecule has 0 aliphatic carbocycles. The molecule has 1 heterocycles. The number of rotatable bonds is 1. The zero-order chi connectivity index (χ0) is 8.43. The number of nitrogens with two attached hydrogens (primary N) is 1. The van der Waals surface area contributed by atoms with E-state index in [4.69, 9.17) is 5.73 Å². The molecule has 0 saturated carbocycles. The lowest BCUT2D eigenvalue weighted by Crippen LogP contribution is -2.07. The van der Waals surface area contributed by atoms with Gasteiger partial charge in [-0.15, -0.1) is 0 Å². The number of aromatic nitrogens is 1.